The van der Waals surface area contributed by atoms with Crippen LogP contribution in [-0.2, 0) is 16.0 Å². The predicted molar refractivity (Wildman–Crippen MR) is 110 cm³/mol. The number of imide groups is 1. The Morgan fingerprint density at radius 3 is 2.50 bits per heavy atom. The lowest BCUT2D eigenvalue weighted by Crippen LogP contribution is -2.58. The van der Waals surface area contributed by atoms with E-state index in [0.29, 0.717) is 38.0 Å². The van der Waals surface area contributed by atoms with Crippen molar-refractivity contribution in [1.29, 1.82) is 0 Å². The molecule has 1 aromatic rings. The first-order chi connectivity index (χ1) is 14.3. The molecule has 3 fully saturated rings. The Balaban J connectivity index is 1.59. The molecular weight excluding hydrogens is 385 g/mol. The van der Waals surface area contributed by atoms with Crippen LogP contribution in [0, 0.1) is 23.6 Å². The largest absolute Gasteiger partial charge is 0.342 e. The molecule has 162 valence electrons. The normalized spacial score (nSPS) is 25.2. The van der Waals surface area contributed by atoms with Crippen molar-refractivity contribution >= 4 is 17.8 Å². The van der Waals surface area contributed by atoms with Crippen LogP contribution in [0.5, 0.6) is 0 Å². The van der Waals surface area contributed by atoms with Crippen LogP contribution in [0.15, 0.2) is 24.3 Å². The molecule has 4 rings (SSSR count). The molecule has 2 saturated heterocycles. The van der Waals surface area contributed by atoms with E-state index in [4.69, 9.17) is 0 Å². The number of likely N-dealkylation sites (tertiary alicyclic amines) is 1. The second kappa shape index (κ2) is 8.00. The second-order valence-electron chi connectivity index (χ2n) is 9.39. The van der Waals surface area contributed by atoms with Crippen molar-refractivity contribution in [3.8, 4) is 0 Å². The molecule has 3 aliphatic rings. The zero-order valence-electron chi connectivity index (χ0n) is 17.7. The van der Waals surface area contributed by atoms with E-state index in [1.54, 1.807) is 12.1 Å². The van der Waals surface area contributed by atoms with Crippen LogP contribution in [0.25, 0.3) is 0 Å². The van der Waals surface area contributed by atoms with Gasteiger partial charge in [0.15, 0.2) is 0 Å². The highest BCUT2D eigenvalue weighted by Crippen LogP contribution is 2.38. The molecule has 30 heavy (non-hydrogen) atoms. The Morgan fingerprint density at radius 2 is 1.90 bits per heavy atom. The van der Waals surface area contributed by atoms with E-state index in [1.807, 2.05) is 18.7 Å². The van der Waals surface area contributed by atoms with E-state index in [1.165, 1.54) is 17.0 Å². The van der Waals surface area contributed by atoms with Crippen molar-refractivity contribution in [2.75, 3.05) is 19.6 Å². The molecule has 2 aliphatic heterocycles. The van der Waals surface area contributed by atoms with Crippen LogP contribution in [0.1, 0.15) is 45.1 Å². The lowest BCUT2D eigenvalue weighted by molar-refractivity contribution is -0.137. The van der Waals surface area contributed by atoms with Gasteiger partial charge < -0.3 is 10.2 Å². The quantitative estimate of drug-likeness (QED) is 0.727. The fourth-order valence-corrected chi connectivity index (χ4v) is 4.87. The highest BCUT2D eigenvalue weighted by molar-refractivity contribution is 6.07. The molecule has 2 heterocycles. The molecule has 1 N–H and O–H groups in total. The minimum Gasteiger partial charge on any atom is -0.342 e. The maximum absolute atomic E-state index is 13.8. The summed E-state index contributed by atoms with van der Waals surface area (Å²) in [6.07, 6.45) is 3.50. The average Bonchev–Trinajstić information content (AvgIpc) is 3.52. The van der Waals surface area contributed by atoms with E-state index < -0.39 is 5.54 Å². The third kappa shape index (κ3) is 3.94. The summed E-state index contributed by atoms with van der Waals surface area (Å²) >= 11 is 0. The molecule has 7 heteroatoms. The molecule has 0 aromatic heterocycles. The molecule has 4 amide bonds. The van der Waals surface area contributed by atoms with Gasteiger partial charge in [-0.1, -0.05) is 26.0 Å². The minimum atomic E-state index is -1.09. The smallest absolute Gasteiger partial charge is 0.325 e. The van der Waals surface area contributed by atoms with Gasteiger partial charge in [0.2, 0.25) is 5.91 Å². The number of urea groups is 1. The van der Waals surface area contributed by atoms with Gasteiger partial charge in [-0.05, 0) is 55.2 Å². The summed E-state index contributed by atoms with van der Waals surface area (Å²) in [5, 5.41) is 3.00. The van der Waals surface area contributed by atoms with E-state index in [0.717, 1.165) is 12.8 Å². The van der Waals surface area contributed by atoms with Gasteiger partial charge in [-0.3, -0.25) is 14.5 Å². The molecule has 0 bridgehead atoms. The van der Waals surface area contributed by atoms with Crippen LogP contribution >= 0.6 is 0 Å². The lowest BCUT2D eigenvalue weighted by Gasteiger charge is -2.41. The summed E-state index contributed by atoms with van der Waals surface area (Å²) in [4.78, 5) is 42.0. The number of rotatable bonds is 6. The van der Waals surface area contributed by atoms with E-state index in [9.17, 15) is 18.8 Å². The summed E-state index contributed by atoms with van der Waals surface area (Å²) in [5.74, 6) is -0.131. The molecule has 1 saturated carbocycles. The van der Waals surface area contributed by atoms with Gasteiger partial charge in [0.1, 0.15) is 11.4 Å². The third-order valence-corrected chi connectivity index (χ3v) is 6.55. The van der Waals surface area contributed by atoms with Crippen LogP contribution in [0.3, 0.4) is 0 Å². The number of hydrogen-bond donors (Lipinski definition) is 1. The van der Waals surface area contributed by atoms with Crippen molar-refractivity contribution in [3.05, 3.63) is 35.6 Å². The number of piperidine rings is 1. The number of carbonyl (C=O) groups is 3. The minimum absolute atomic E-state index is 0.0994. The van der Waals surface area contributed by atoms with Crippen LogP contribution < -0.4 is 5.32 Å². The van der Waals surface area contributed by atoms with Gasteiger partial charge in [0.25, 0.3) is 5.91 Å². The fourth-order valence-electron chi connectivity index (χ4n) is 4.87. The number of halogens is 1. The summed E-state index contributed by atoms with van der Waals surface area (Å²) in [6.45, 7) is 5.48. The monoisotopic (exact) mass is 415 g/mol. The fraction of sp³-hybridized carbons (Fsp3) is 0.609. The molecule has 1 aliphatic carbocycles. The van der Waals surface area contributed by atoms with Crippen molar-refractivity contribution in [3.63, 3.8) is 0 Å². The lowest BCUT2D eigenvalue weighted by atomic mass is 9.73. The average molecular weight is 416 g/mol. The van der Waals surface area contributed by atoms with Gasteiger partial charge in [-0.25, -0.2) is 9.18 Å². The standard InChI is InChI=1S/C23H30FN3O3/c1-15(2)14-27-21(29)23(25-22(27)30,13-16-4-3-5-19(24)12-16)18-8-10-26(11-9-18)20(28)17-6-7-17/h3-5,12,15,17-18H,6-11,13-14H2,1-2H3,(H,25,30). The van der Waals surface area contributed by atoms with Crippen molar-refractivity contribution in [1.82, 2.24) is 15.1 Å². The number of amides is 4. The van der Waals surface area contributed by atoms with Crippen molar-refractivity contribution in [2.24, 2.45) is 17.8 Å². The Bertz CT molecular complexity index is 846. The molecule has 1 aromatic carbocycles. The molecule has 1 unspecified atom stereocenters. The first-order valence-corrected chi connectivity index (χ1v) is 11.0. The van der Waals surface area contributed by atoms with Gasteiger partial charge in [-0.2, -0.15) is 0 Å². The zero-order valence-corrected chi connectivity index (χ0v) is 17.7. The Hall–Kier alpha value is -2.44. The van der Waals surface area contributed by atoms with Crippen LogP contribution in [0.2, 0.25) is 0 Å². The van der Waals surface area contributed by atoms with Gasteiger partial charge in [-0.15, -0.1) is 0 Å². The SMILES string of the molecule is CC(C)CN1C(=O)NC(Cc2cccc(F)c2)(C2CCN(C(=O)C3CC3)CC2)C1=O. The molecule has 1 atom stereocenters. The van der Waals surface area contributed by atoms with Gasteiger partial charge in [0.05, 0.1) is 0 Å². The van der Waals surface area contributed by atoms with Crippen molar-refractivity contribution in [2.45, 2.75) is 51.5 Å². The highest BCUT2D eigenvalue weighted by Gasteiger charge is 2.56. The summed E-state index contributed by atoms with van der Waals surface area (Å²) in [5.41, 5.74) is -0.402. The molecular formula is C23H30FN3O3. The molecule has 0 radical (unpaired) electrons. The van der Waals surface area contributed by atoms with Gasteiger partial charge in [0, 0.05) is 32.0 Å². The Kier molecular flexibility index (Phi) is 5.55. The van der Waals surface area contributed by atoms with E-state index in [2.05, 4.69) is 5.32 Å². The van der Waals surface area contributed by atoms with E-state index in [-0.39, 0.29) is 47.8 Å². The van der Waals surface area contributed by atoms with Crippen LogP contribution in [0.4, 0.5) is 9.18 Å². The predicted octanol–water partition coefficient (Wildman–Crippen LogP) is 2.96. The summed E-state index contributed by atoms with van der Waals surface area (Å²) in [7, 11) is 0. The third-order valence-electron chi connectivity index (χ3n) is 6.55. The maximum atomic E-state index is 13.8. The van der Waals surface area contributed by atoms with Crippen LogP contribution in [-0.4, -0.2) is 52.8 Å². The van der Waals surface area contributed by atoms with Crippen molar-refractivity contribution < 1.29 is 18.8 Å². The molecule has 0 spiro atoms. The first kappa shape index (κ1) is 20.8. The van der Waals surface area contributed by atoms with E-state index >= 15 is 0 Å². The maximum Gasteiger partial charge on any atom is 0.325 e. The second-order valence-corrected chi connectivity index (χ2v) is 9.39. The molecule has 6 nitrogen and oxygen atoms in total. The Morgan fingerprint density at radius 1 is 1.20 bits per heavy atom. The topological polar surface area (TPSA) is 69.7 Å². The first-order valence-electron chi connectivity index (χ1n) is 11.0. The number of nitrogens with one attached hydrogen (secondary N) is 1. The summed E-state index contributed by atoms with van der Waals surface area (Å²) in [6, 6.07) is 5.85. The zero-order chi connectivity index (χ0) is 21.5. The highest BCUT2D eigenvalue weighted by atomic mass is 19.1. The number of nitrogens with zero attached hydrogens (tertiary/aromatic N) is 2. The van der Waals surface area contributed by atoms with Gasteiger partial charge >= 0.3 is 6.03 Å². The number of benzene rings is 1. The Labute approximate surface area is 176 Å². The number of hydrogen-bond acceptors (Lipinski definition) is 3. The number of carbonyl (C=O) groups excluding carboxylic acids is 3. The summed E-state index contributed by atoms with van der Waals surface area (Å²) < 4.78 is 13.8.